The summed E-state index contributed by atoms with van der Waals surface area (Å²) in [6.07, 6.45) is 12.7. The molecule has 0 aromatic carbocycles. The first kappa shape index (κ1) is 10.1. The van der Waals surface area contributed by atoms with Gasteiger partial charge in [-0.3, -0.25) is 0 Å². The molecule has 1 aromatic rings. The standard InChI is InChI=1S/C13H16N2S/c14-13-15-11-7-6-10(8-12(11)16-13)9-4-2-1-3-5-9/h1-2,4,10H,3,5-8H2,(H2,14,15). The normalized spacial score (nSPS) is 24.0. The molecule has 1 unspecified atom stereocenters. The summed E-state index contributed by atoms with van der Waals surface area (Å²) in [5.41, 5.74) is 8.64. The van der Waals surface area contributed by atoms with Gasteiger partial charge in [0.05, 0.1) is 5.69 Å². The molecule has 0 radical (unpaired) electrons. The van der Waals surface area contributed by atoms with Gasteiger partial charge < -0.3 is 5.73 Å². The van der Waals surface area contributed by atoms with E-state index in [1.807, 2.05) is 0 Å². The van der Waals surface area contributed by atoms with Crippen LogP contribution in [0.15, 0.2) is 23.8 Å². The average Bonchev–Trinajstić information content (AvgIpc) is 2.69. The Hall–Kier alpha value is -1.09. The molecule has 2 aliphatic rings. The third-order valence-corrected chi connectivity index (χ3v) is 4.48. The van der Waals surface area contributed by atoms with Crippen molar-refractivity contribution in [1.82, 2.24) is 4.98 Å². The van der Waals surface area contributed by atoms with Gasteiger partial charge in [-0.2, -0.15) is 0 Å². The first-order chi connectivity index (χ1) is 7.83. The van der Waals surface area contributed by atoms with Crippen molar-refractivity contribution >= 4 is 16.5 Å². The predicted octanol–water partition coefficient (Wildman–Crippen LogP) is 3.11. The number of rotatable bonds is 1. The zero-order chi connectivity index (χ0) is 11.0. The Bertz CT molecular complexity index is 456. The Labute approximate surface area is 99.9 Å². The zero-order valence-corrected chi connectivity index (χ0v) is 10.1. The summed E-state index contributed by atoms with van der Waals surface area (Å²) in [5.74, 6) is 0.734. The van der Waals surface area contributed by atoms with E-state index >= 15 is 0 Å². The van der Waals surface area contributed by atoms with Crippen LogP contribution in [-0.4, -0.2) is 4.98 Å². The molecular weight excluding hydrogens is 216 g/mol. The second kappa shape index (κ2) is 4.06. The molecule has 84 valence electrons. The van der Waals surface area contributed by atoms with Crippen molar-refractivity contribution in [2.24, 2.45) is 5.92 Å². The minimum atomic E-state index is 0.734. The van der Waals surface area contributed by atoms with Gasteiger partial charge in [-0.25, -0.2) is 4.98 Å². The molecule has 0 fully saturated rings. The van der Waals surface area contributed by atoms with Crippen molar-refractivity contribution in [2.75, 3.05) is 5.73 Å². The topological polar surface area (TPSA) is 38.9 Å². The van der Waals surface area contributed by atoms with E-state index in [2.05, 4.69) is 23.2 Å². The number of hydrogen-bond donors (Lipinski definition) is 1. The summed E-state index contributed by atoms with van der Waals surface area (Å²) in [6, 6.07) is 0. The van der Waals surface area contributed by atoms with E-state index in [4.69, 9.17) is 5.73 Å². The highest BCUT2D eigenvalue weighted by molar-refractivity contribution is 7.15. The van der Waals surface area contributed by atoms with Gasteiger partial charge in [0.1, 0.15) is 0 Å². The van der Waals surface area contributed by atoms with Crippen LogP contribution in [0.4, 0.5) is 5.13 Å². The van der Waals surface area contributed by atoms with Gasteiger partial charge in [-0.15, -0.1) is 11.3 Å². The number of nitrogen functional groups attached to an aromatic ring is 1. The summed E-state index contributed by atoms with van der Waals surface area (Å²) in [4.78, 5) is 5.81. The zero-order valence-electron chi connectivity index (χ0n) is 9.28. The fourth-order valence-corrected chi connectivity index (χ4v) is 3.63. The molecule has 0 spiro atoms. The number of aromatic nitrogens is 1. The highest BCUT2D eigenvalue weighted by atomic mass is 32.1. The summed E-state index contributed by atoms with van der Waals surface area (Å²) >= 11 is 1.68. The molecule has 16 heavy (non-hydrogen) atoms. The van der Waals surface area contributed by atoms with Gasteiger partial charge in [0, 0.05) is 4.88 Å². The van der Waals surface area contributed by atoms with Crippen molar-refractivity contribution in [3.63, 3.8) is 0 Å². The largest absolute Gasteiger partial charge is 0.375 e. The number of nitrogens with two attached hydrogens (primary N) is 1. The molecule has 1 aromatic heterocycles. The minimum Gasteiger partial charge on any atom is -0.375 e. The smallest absolute Gasteiger partial charge is 0.180 e. The second-order valence-electron chi connectivity index (χ2n) is 4.57. The maximum atomic E-state index is 5.76. The molecule has 0 saturated carbocycles. The summed E-state index contributed by atoms with van der Waals surface area (Å²) < 4.78 is 0. The van der Waals surface area contributed by atoms with E-state index in [1.54, 1.807) is 16.9 Å². The summed E-state index contributed by atoms with van der Waals surface area (Å²) in [7, 11) is 0. The van der Waals surface area contributed by atoms with Crippen LogP contribution in [0.5, 0.6) is 0 Å². The van der Waals surface area contributed by atoms with Crippen LogP contribution in [-0.2, 0) is 12.8 Å². The van der Waals surface area contributed by atoms with Crippen LogP contribution in [0.1, 0.15) is 29.8 Å². The van der Waals surface area contributed by atoms with E-state index in [0.29, 0.717) is 0 Å². The van der Waals surface area contributed by atoms with E-state index in [1.165, 1.54) is 29.8 Å². The maximum Gasteiger partial charge on any atom is 0.180 e. The van der Waals surface area contributed by atoms with Crippen LogP contribution in [0.3, 0.4) is 0 Å². The lowest BCUT2D eigenvalue weighted by Crippen LogP contribution is -2.15. The Balaban J connectivity index is 1.82. The first-order valence-corrected chi connectivity index (χ1v) is 6.74. The van der Waals surface area contributed by atoms with Gasteiger partial charge in [-0.1, -0.05) is 23.8 Å². The van der Waals surface area contributed by atoms with Crippen LogP contribution in [0, 0.1) is 5.92 Å². The quantitative estimate of drug-likeness (QED) is 0.808. The lowest BCUT2D eigenvalue weighted by atomic mass is 9.82. The highest BCUT2D eigenvalue weighted by Crippen LogP contribution is 2.36. The van der Waals surface area contributed by atoms with Crippen LogP contribution in [0.2, 0.25) is 0 Å². The van der Waals surface area contributed by atoms with Crippen LogP contribution >= 0.6 is 11.3 Å². The molecule has 0 aliphatic heterocycles. The van der Waals surface area contributed by atoms with E-state index < -0.39 is 0 Å². The Morgan fingerprint density at radius 3 is 3.12 bits per heavy atom. The van der Waals surface area contributed by atoms with Gasteiger partial charge >= 0.3 is 0 Å². The Morgan fingerprint density at radius 1 is 1.38 bits per heavy atom. The summed E-state index contributed by atoms with van der Waals surface area (Å²) in [5, 5.41) is 0.739. The van der Waals surface area contributed by atoms with Gasteiger partial charge in [0.25, 0.3) is 0 Å². The molecular formula is C13H16N2S. The van der Waals surface area contributed by atoms with E-state index in [-0.39, 0.29) is 0 Å². The molecule has 0 amide bonds. The molecule has 0 bridgehead atoms. The highest BCUT2D eigenvalue weighted by Gasteiger charge is 2.24. The molecule has 3 heteroatoms. The second-order valence-corrected chi connectivity index (χ2v) is 5.69. The number of hydrogen-bond acceptors (Lipinski definition) is 3. The Kier molecular flexibility index (Phi) is 2.56. The van der Waals surface area contributed by atoms with E-state index in [0.717, 1.165) is 23.9 Å². The molecule has 1 heterocycles. The minimum absolute atomic E-state index is 0.734. The van der Waals surface area contributed by atoms with Gasteiger partial charge in [0.15, 0.2) is 5.13 Å². The lowest BCUT2D eigenvalue weighted by molar-refractivity contribution is 0.509. The maximum absolute atomic E-state index is 5.76. The number of allylic oxidation sites excluding steroid dienone is 4. The van der Waals surface area contributed by atoms with Gasteiger partial charge in [0.2, 0.25) is 0 Å². The third kappa shape index (κ3) is 1.80. The van der Waals surface area contributed by atoms with Crippen molar-refractivity contribution in [3.05, 3.63) is 34.4 Å². The fourth-order valence-electron chi connectivity index (χ4n) is 2.67. The van der Waals surface area contributed by atoms with E-state index in [9.17, 15) is 0 Å². The van der Waals surface area contributed by atoms with Crippen molar-refractivity contribution in [2.45, 2.75) is 32.1 Å². The number of nitrogens with zero attached hydrogens (tertiary/aromatic N) is 1. The van der Waals surface area contributed by atoms with Crippen molar-refractivity contribution < 1.29 is 0 Å². The molecule has 0 saturated heterocycles. The number of aryl methyl sites for hydroxylation is 1. The molecule has 1 atom stereocenters. The number of anilines is 1. The van der Waals surface area contributed by atoms with Crippen LogP contribution in [0.25, 0.3) is 0 Å². The molecule has 2 N–H and O–H groups in total. The first-order valence-electron chi connectivity index (χ1n) is 5.92. The third-order valence-electron chi connectivity index (χ3n) is 3.53. The monoisotopic (exact) mass is 232 g/mol. The molecule has 2 nitrogen and oxygen atoms in total. The summed E-state index contributed by atoms with van der Waals surface area (Å²) in [6.45, 7) is 0. The average molecular weight is 232 g/mol. The Morgan fingerprint density at radius 2 is 2.31 bits per heavy atom. The van der Waals surface area contributed by atoms with Crippen molar-refractivity contribution in [1.29, 1.82) is 0 Å². The van der Waals surface area contributed by atoms with Gasteiger partial charge in [-0.05, 0) is 38.0 Å². The SMILES string of the molecule is Nc1nc2c(s1)CC(C1=CC=CCC1)CC2. The lowest BCUT2D eigenvalue weighted by Gasteiger charge is -2.24. The molecule has 3 rings (SSSR count). The van der Waals surface area contributed by atoms with Crippen LogP contribution < -0.4 is 5.73 Å². The van der Waals surface area contributed by atoms with Crippen molar-refractivity contribution in [3.8, 4) is 0 Å². The number of fused-ring (bicyclic) bond motifs is 1. The fraction of sp³-hybridized carbons (Fsp3) is 0.462. The predicted molar refractivity (Wildman–Crippen MR) is 68.5 cm³/mol. The molecule has 2 aliphatic carbocycles. The number of thiazole rings is 1.